The van der Waals surface area contributed by atoms with Crippen molar-refractivity contribution in [1.82, 2.24) is 24.7 Å². The maximum atomic E-state index is 13.0. The van der Waals surface area contributed by atoms with Crippen LogP contribution in [0.15, 0.2) is 6.33 Å². The molecule has 0 unspecified atom stereocenters. The van der Waals surface area contributed by atoms with Gasteiger partial charge in [-0.15, -0.1) is 0 Å². The number of aromatic amines is 1. The molecule has 2 fully saturated rings. The van der Waals surface area contributed by atoms with Crippen molar-refractivity contribution in [1.29, 1.82) is 0 Å². The number of likely N-dealkylation sites (tertiary alicyclic amines) is 2. The van der Waals surface area contributed by atoms with E-state index in [1.807, 2.05) is 23.6 Å². The molecule has 0 radical (unpaired) electrons. The van der Waals surface area contributed by atoms with Crippen molar-refractivity contribution in [2.45, 2.75) is 64.0 Å². The van der Waals surface area contributed by atoms with Crippen LogP contribution in [0.1, 0.15) is 57.3 Å². The molecule has 3 aliphatic heterocycles. The zero-order valence-electron chi connectivity index (χ0n) is 16.7. The van der Waals surface area contributed by atoms with Gasteiger partial charge in [0.1, 0.15) is 6.04 Å². The molecule has 152 valence electrons. The van der Waals surface area contributed by atoms with Crippen LogP contribution in [-0.4, -0.2) is 74.6 Å². The van der Waals surface area contributed by atoms with Gasteiger partial charge in [0.05, 0.1) is 17.6 Å². The number of rotatable bonds is 3. The Hall–Kier alpha value is -2.38. The monoisotopic (exact) mass is 387 g/mol. The lowest BCUT2D eigenvalue weighted by atomic mass is 9.78. The largest absolute Gasteiger partial charge is 0.348 e. The van der Waals surface area contributed by atoms with Gasteiger partial charge in [-0.2, -0.15) is 0 Å². The van der Waals surface area contributed by atoms with Crippen LogP contribution in [0, 0.1) is 0 Å². The van der Waals surface area contributed by atoms with Crippen LogP contribution in [0.3, 0.4) is 0 Å². The fourth-order valence-corrected chi connectivity index (χ4v) is 5.11. The van der Waals surface area contributed by atoms with E-state index in [4.69, 9.17) is 0 Å². The number of nitrogens with one attached hydrogen (secondary N) is 1. The Morgan fingerprint density at radius 1 is 1.21 bits per heavy atom. The van der Waals surface area contributed by atoms with Crippen molar-refractivity contribution in [2.24, 2.45) is 0 Å². The number of hydrogen-bond acceptors (Lipinski definition) is 4. The molecule has 0 bridgehead atoms. The smallest absolute Gasteiger partial charge is 0.245 e. The Kier molecular flexibility index (Phi) is 4.89. The zero-order valence-corrected chi connectivity index (χ0v) is 16.7. The maximum Gasteiger partial charge on any atom is 0.245 e. The average Bonchev–Trinajstić information content (AvgIpc) is 3.36. The lowest BCUT2D eigenvalue weighted by Gasteiger charge is -2.50. The van der Waals surface area contributed by atoms with Crippen molar-refractivity contribution in [3.05, 3.63) is 17.7 Å². The topological polar surface area (TPSA) is 89.6 Å². The first-order valence-electron chi connectivity index (χ1n) is 10.4. The molecule has 1 spiro atoms. The van der Waals surface area contributed by atoms with Crippen LogP contribution in [0.25, 0.3) is 0 Å². The molecule has 28 heavy (non-hydrogen) atoms. The number of fused-ring (bicyclic) bond motifs is 2. The van der Waals surface area contributed by atoms with Gasteiger partial charge in [-0.1, -0.05) is 6.92 Å². The molecule has 0 aromatic carbocycles. The van der Waals surface area contributed by atoms with E-state index in [2.05, 4.69) is 9.97 Å². The number of carbonyl (C=O) groups excluding carboxylic acids is 3. The van der Waals surface area contributed by atoms with Gasteiger partial charge in [-0.05, 0) is 26.2 Å². The van der Waals surface area contributed by atoms with Gasteiger partial charge >= 0.3 is 0 Å². The Morgan fingerprint density at radius 3 is 2.61 bits per heavy atom. The summed E-state index contributed by atoms with van der Waals surface area (Å²) in [7, 11) is 0. The molecule has 1 aromatic heterocycles. The molecule has 1 atom stereocenters. The molecule has 3 aliphatic rings. The van der Waals surface area contributed by atoms with Crippen LogP contribution in [0.4, 0.5) is 0 Å². The Bertz CT molecular complexity index is 781. The predicted octanol–water partition coefficient (Wildman–Crippen LogP) is 1.03. The van der Waals surface area contributed by atoms with E-state index in [1.54, 1.807) is 11.2 Å². The molecular formula is C20H29N5O3. The van der Waals surface area contributed by atoms with Crippen molar-refractivity contribution < 1.29 is 14.4 Å². The summed E-state index contributed by atoms with van der Waals surface area (Å²) in [5, 5.41) is 0. The second-order valence-electron chi connectivity index (χ2n) is 8.10. The van der Waals surface area contributed by atoms with Gasteiger partial charge in [0.15, 0.2) is 0 Å². The second kappa shape index (κ2) is 7.22. The van der Waals surface area contributed by atoms with E-state index < -0.39 is 11.6 Å². The van der Waals surface area contributed by atoms with Gasteiger partial charge in [0, 0.05) is 51.1 Å². The third-order valence-electron chi connectivity index (χ3n) is 6.70. The highest BCUT2D eigenvalue weighted by Gasteiger charge is 2.49. The standard InChI is InChI=1S/C20H29N5O3/c1-3-16(26)25-10-6-15-18(22-13-21-15)20(25)7-11-23(12-8-20)19(28)14(2)24-9-4-5-17(24)27/h13-14H,3-12H2,1-2H3,(H,21,22)/t14-/m1/s1. The third-order valence-corrected chi connectivity index (χ3v) is 6.70. The SMILES string of the molecule is CCC(=O)N1CCc2[nH]cnc2C12CCN(C(=O)[C@@H](C)N1CCCC1=O)CC2. The molecule has 1 N–H and O–H groups in total. The van der Waals surface area contributed by atoms with E-state index in [0.717, 1.165) is 24.2 Å². The molecule has 4 heterocycles. The minimum Gasteiger partial charge on any atom is -0.348 e. The summed E-state index contributed by atoms with van der Waals surface area (Å²) in [6, 6.07) is -0.412. The van der Waals surface area contributed by atoms with Gasteiger partial charge in [-0.25, -0.2) is 4.98 Å². The van der Waals surface area contributed by atoms with E-state index >= 15 is 0 Å². The molecule has 1 aromatic rings. The van der Waals surface area contributed by atoms with E-state index in [0.29, 0.717) is 51.9 Å². The van der Waals surface area contributed by atoms with Gasteiger partial charge in [0.2, 0.25) is 17.7 Å². The molecule has 8 heteroatoms. The maximum absolute atomic E-state index is 13.0. The fourth-order valence-electron chi connectivity index (χ4n) is 5.11. The highest BCUT2D eigenvalue weighted by atomic mass is 16.2. The van der Waals surface area contributed by atoms with Gasteiger partial charge < -0.3 is 19.7 Å². The van der Waals surface area contributed by atoms with E-state index in [9.17, 15) is 14.4 Å². The first-order valence-corrected chi connectivity index (χ1v) is 10.4. The Balaban J connectivity index is 1.52. The lowest BCUT2D eigenvalue weighted by molar-refractivity contribution is -0.148. The van der Waals surface area contributed by atoms with E-state index in [1.165, 1.54) is 0 Å². The summed E-state index contributed by atoms with van der Waals surface area (Å²) >= 11 is 0. The molecule has 0 saturated carbocycles. The predicted molar refractivity (Wildman–Crippen MR) is 102 cm³/mol. The van der Waals surface area contributed by atoms with Crippen LogP contribution in [0.2, 0.25) is 0 Å². The third kappa shape index (κ3) is 2.89. The van der Waals surface area contributed by atoms with Crippen molar-refractivity contribution in [2.75, 3.05) is 26.2 Å². The molecule has 2 saturated heterocycles. The zero-order chi connectivity index (χ0) is 19.9. The first kappa shape index (κ1) is 19.0. The number of carbonyl (C=O) groups is 3. The minimum absolute atomic E-state index is 0.0107. The summed E-state index contributed by atoms with van der Waals surface area (Å²) in [6.07, 6.45) is 5.71. The number of imidazole rings is 1. The van der Waals surface area contributed by atoms with Crippen molar-refractivity contribution in [3.8, 4) is 0 Å². The van der Waals surface area contributed by atoms with Crippen molar-refractivity contribution in [3.63, 3.8) is 0 Å². The van der Waals surface area contributed by atoms with Gasteiger partial charge in [0.25, 0.3) is 0 Å². The summed E-state index contributed by atoms with van der Waals surface area (Å²) < 4.78 is 0. The van der Waals surface area contributed by atoms with Crippen LogP contribution in [0.5, 0.6) is 0 Å². The summed E-state index contributed by atoms with van der Waals surface area (Å²) in [5.41, 5.74) is 1.65. The number of hydrogen-bond donors (Lipinski definition) is 1. The lowest BCUT2D eigenvalue weighted by Crippen LogP contribution is -2.60. The van der Waals surface area contributed by atoms with Crippen molar-refractivity contribution >= 4 is 17.7 Å². The molecule has 8 nitrogen and oxygen atoms in total. The fraction of sp³-hybridized carbons (Fsp3) is 0.700. The minimum atomic E-state index is -0.426. The Labute approximate surface area is 165 Å². The van der Waals surface area contributed by atoms with Crippen LogP contribution in [-0.2, 0) is 26.3 Å². The summed E-state index contributed by atoms with van der Waals surface area (Å²) in [5.74, 6) is 0.225. The number of nitrogens with zero attached hydrogens (tertiary/aromatic N) is 4. The van der Waals surface area contributed by atoms with Gasteiger partial charge in [-0.3, -0.25) is 14.4 Å². The number of piperidine rings is 1. The molecule has 4 rings (SSSR count). The van der Waals surface area contributed by atoms with Crippen LogP contribution >= 0.6 is 0 Å². The number of H-pyrrole nitrogens is 1. The first-order chi connectivity index (χ1) is 13.5. The number of aromatic nitrogens is 2. The highest BCUT2D eigenvalue weighted by molar-refractivity contribution is 5.88. The van der Waals surface area contributed by atoms with E-state index in [-0.39, 0.29) is 17.7 Å². The molecular weight excluding hydrogens is 358 g/mol. The number of amides is 3. The summed E-state index contributed by atoms with van der Waals surface area (Å²) in [4.78, 5) is 51.0. The Morgan fingerprint density at radius 2 is 1.96 bits per heavy atom. The highest BCUT2D eigenvalue weighted by Crippen LogP contribution is 2.42. The molecule has 0 aliphatic carbocycles. The second-order valence-corrected chi connectivity index (χ2v) is 8.10. The molecule has 3 amide bonds. The summed E-state index contributed by atoms with van der Waals surface area (Å²) in [6.45, 7) is 6.22. The normalized spacial score (nSPS) is 22.5. The average molecular weight is 387 g/mol. The quantitative estimate of drug-likeness (QED) is 0.839. The van der Waals surface area contributed by atoms with Crippen LogP contribution < -0.4 is 0 Å².